The first-order valence-corrected chi connectivity index (χ1v) is 9.66. The minimum atomic E-state index is -0.103. The van der Waals surface area contributed by atoms with Crippen molar-refractivity contribution in [2.75, 3.05) is 5.32 Å². The molecular formula is C25H20N2O. The summed E-state index contributed by atoms with van der Waals surface area (Å²) in [4.78, 5) is 17.9. The first kappa shape index (κ1) is 16.7. The van der Waals surface area contributed by atoms with E-state index in [1.807, 2.05) is 66.7 Å². The lowest BCUT2D eigenvalue weighted by Crippen LogP contribution is -2.13. The topological polar surface area (TPSA) is 42.0 Å². The van der Waals surface area contributed by atoms with E-state index in [9.17, 15) is 4.79 Å². The first-order valence-electron chi connectivity index (χ1n) is 9.66. The van der Waals surface area contributed by atoms with Gasteiger partial charge in [0, 0.05) is 16.6 Å². The summed E-state index contributed by atoms with van der Waals surface area (Å²) in [7, 11) is 0. The normalized spacial score (nSPS) is 12.7. The van der Waals surface area contributed by atoms with Crippen molar-refractivity contribution in [3.8, 4) is 11.3 Å². The SMILES string of the molecule is O=C(Nc1ccc2c(c1)CCC2)c1cc(-c2ccccc2)nc2ccccc12. The molecule has 3 heteroatoms. The third kappa shape index (κ3) is 3.05. The summed E-state index contributed by atoms with van der Waals surface area (Å²) >= 11 is 0. The van der Waals surface area contributed by atoms with Crippen molar-refractivity contribution in [1.29, 1.82) is 0 Å². The Labute approximate surface area is 164 Å². The average Bonchev–Trinajstić information content (AvgIpc) is 3.21. The van der Waals surface area contributed by atoms with Gasteiger partial charge in [0.15, 0.2) is 0 Å². The number of amides is 1. The molecule has 1 aliphatic rings. The number of rotatable bonds is 3. The highest BCUT2D eigenvalue weighted by molar-refractivity contribution is 6.13. The number of nitrogens with one attached hydrogen (secondary N) is 1. The molecule has 1 amide bonds. The molecule has 0 saturated carbocycles. The van der Waals surface area contributed by atoms with Crippen molar-refractivity contribution in [3.05, 3.63) is 95.6 Å². The van der Waals surface area contributed by atoms with Crippen molar-refractivity contribution in [3.63, 3.8) is 0 Å². The van der Waals surface area contributed by atoms with Gasteiger partial charge >= 0.3 is 0 Å². The minimum Gasteiger partial charge on any atom is -0.322 e. The van der Waals surface area contributed by atoms with E-state index in [1.165, 1.54) is 17.5 Å². The van der Waals surface area contributed by atoms with Gasteiger partial charge in [-0.1, -0.05) is 54.6 Å². The summed E-state index contributed by atoms with van der Waals surface area (Å²) in [5.74, 6) is -0.103. The molecule has 0 saturated heterocycles. The van der Waals surface area contributed by atoms with Crippen LogP contribution in [-0.2, 0) is 12.8 Å². The van der Waals surface area contributed by atoms with Crippen LogP contribution in [0.3, 0.4) is 0 Å². The zero-order valence-corrected chi connectivity index (χ0v) is 15.5. The molecule has 0 aliphatic heterocycles. The summed E-state index contributed by atoms with van der Waals surface area (Å²) in [6.07, 6.45) is 3.43. The van der Waals surface area contributed by atoms with E-state index in [1.54, 1.807) is 0 Å². The van der Waals surface area contributed by atoms with E-state index in [4.69, 9.17) is 4.98 Å². The van der Waals surface area contributed by atoms with Crippen LogP contribution in [0, 0.1) is 0 Å². The Morgan fingerprint density at radius 1 is 0.821 bits per heavy atom. The number of carbonyl (C=O) groups excluding carboxylic acids is 1. The van der Waals surface area contributed by atoms with Gasteiger partial charge in [-0.15, -0.1) is 0 Å². The number of fused-ring (bicyclic) bond motifs is 2. The molecule has 3 aromatic carbocycles. The minimum absolute atomic E-state index is 0.103. The van der Waals surface area contributed by atoms with Crippen molar-refractivity contribution >= 4 is 22.5 Å². The molecule has 0 atom stereocenters. The number of hydrogen-bond donors (Lipinski definition) is 1. The van der Waals surface area contributed by atoms with Crippen molar-refractivity contribution in [1.82, 2.24) is 4.98 Å². The van der Waals surface area contributed by atoms with E-state index >= 15 is 0 Å². The number of benzene rings is 3. The number of anilines is 1. The zero-order valence-electron chi connectivity index (χ0n) is 15.5. The predicted molar refractivity (Wildman–Crippen MR) is 114 cm³/mol. The Hall–Kier alpha value is -3.46. The number of para-hydroxylation sites is 1. The lowest BCUT2D eigenvalue weighted by molar-refractivity contribution is 0.102. The molecule has 136 valence electrons. The van der Waals surface area contributed by atoms with Crippen LogP contribution < -0.4 is 5.32 Å². The van der Waals surface area contributed by atoms with Gasteiger partial charge in [0.25, 0.3) is 5.91 Å². The van der Waals surface area contributed by atoms with Gasteiger partial charge in [-0.05, 0) is 54.7 Å². The Bertz CT molecular complexity index is 1180. The zero-order chi connectivity index (χ0) is 18.9. The summed E-state index contributed by atoms with van der Waals surface area (Å²) in [5, 5.41) is 3.95. The third-order valence-corrected chi connectivity index (χ3v) is 5.39. The van der Waals surface area contributed by atoms with Crippen LogP contribution in [0.4, 0.5) is 5.69 Å². The van der Waals surface area contributed by atoms with Gasteiger partial charge in [-0.3, -0.25) is 4.79 Å². The van der Waals surface area contributed by atoms with E-state index in [-0.39, 0.29) is 5.91 Å². The second kappa shape index (κ2) is 6.93. The van der Waals surface area contributed by atoms with Crippen LogP contribution in [-0.4, -0.2) is 10.9 Å². The summed E-state index contributed by atoms with van der Waals surface area (Å²) < 4.78 is 0. The van der Waals surface area contributed by atoms with Crippen LogP contribution in [0.2, 0.25) is 0 Å². The van der Waals surface area contributed by atoms with Crippen LogP contribution in [0.15, 0.2) is 78.9 Å². The van der Waals surface area contributed by atoms with Gasteiger partial charge in [-0.2, -0.15) is 0 Å². The summed E-state index contributed by atoms with van der Waals surface area (Å²) in [6, 6.07) is 25.9. The quantitative estimate of drug-likeness (QED) is 0.511. The standard InChI is InChI=1S/C25H20N2O/c28-25(26-20-14-13-17-9-6-10-19(17)15-20)22-16-24(18-7-2-1-3-8-18)27-23-12-5-4-11-21(22)23/h1-5,7-8,11-16H,6,9-10H2,(H,26,28). The monoisotopic (exact) mass is 364 g/mol. The second-order valence-electron chi connectivity index (χ2n) is 7.23. The van der Waals surface area contributed by atoms with Crippen LogP contribution in [0.1, 0.15) is 27.9 Å². The Morgan fingerprint density at radius 2 is 1.61 bits per heavy atom. The highest BCUT2D eigenvalue weighted by Gasteiger charge is 2.16. The molecular weight excluding hydrogens is 344 g/mol. The fourth-order valence-electron chi connectivity index (χ4n) is 3.97. The van der Waals surface area contributed by atoms with Gasteiger partial charge in [-0.25, -0.2) is 4.98 Å². The van der Waals surface area contributed by atoms with Crippen molar-refractivity contribution in [2.45, 2.75) is 19.3 Å². The first-order chi connectivity index (χ1) is 13.8. The lowest BCUT2D eigenvalue weighted by Gasteiger charge is -2.11. The molecule has 0 fully saturated rings. The number of pyridine rings is 1. The van der Waals surface area contributed by atoms with E-state index in [2.05, 4.69) is 17.4 Å². The molecule has 0 spiro atoms. The number of nitrogens with zero attached hydrogens (tertiary/aromatic N) is 1. The van der Waals surface area contributed by atoms with Gasteiger partial charge in [0.2, 0.25) is 0 Å². The van der Waals surface area contributed by atoms with Gasteiger partial charge < -0.3 is 5.32 Å². The largest absolute Gasteiger partial charge is 0.322 e. The lowest BCUT2D eigenvalue weighted by atomic mass is 10.0. The molecule has 1 aliphatic carbocycles. The molecule has 4 aromatic rings. The molecule has 1 aromatic heterocycles. The maximum absolute atomic E-state index is 13.2. The maximum atomic E-state index is 13.2. The molecule has 0 unspecified atom stereocenters. The number of carbonyl (C=O) groups is 1. The van der Waals surface area contributed by atoms with Crippen LogP contribution in [0.25, 0.3) is 22.2 Å². The molecule has 0 radical (unpaired) electrons. The molecule has 1 N–H and O–H groups in total. The molecule has 5 rings (SSSR count). The smallest absolute Gasteiger partial charge is 0.256 e. The van der Waals surface area contributed by atoms with Gasteiger partial charge in [0.05, 0.1) is 16.8 Å². The van der Waals surface area contributed by atoms with E-state index in [0.29, 0.717) is 5.56 Å². The molecule has 3 nitrogen and oxygen atoms in total. The molecule has 28 heavy (non-hydrogen) atoms. The number of aromatic nitrogens is 1. The van der Waals surface area contributed by atoms with Gasteiger partial charge in [0.1, 0.15) is 0 Å². The summed E-state index contributed by atoms with van der Waals surface area (Å²) in [5.41, 5.74) is 6.88. The molecule has 0 bridgehead atoms. The Kier molecular flexibility index (Phi) is 4.13. The second-order valence-corrected chi connectivity index (χ2v) is 7.23. The molecule has 1 heterocycles. The third-order valence-electron chi connectivity index (χ3n) is 5.39. The fourth-order valence-corrected chi connectivity index (χ4v) is 3.97. The highest BCUT2D eigenvalue weighted by atomic mass is 16.1. The van der Waals surface area contributed by atoms with Crippen molar-refractivity contribution < 1.29 is 4.79 Å². The summed E-state index contributed by atoms with van der Waals surface area (Å²) in [6.45, 7) is 0. The highest BCUT2D eigenvalue weighted by Crippen LogP contribution is 2.27. The maximum Gasteiger partial charge on any atom is 0.256 e. The Morgan fingerprint density at radius 3 is 2.50 bits per heavy atom. The average molecular weight is 364 g/mol. The number of hydrogen-bond acceptors (Lipinski definition) is 2. The number of aryl methyl sites for hydroxylation is 2. The van der Waals surface area contributed by atoms with Crippen molar-refractivity contribution in [2.24, 2.45) is 0 Å². The van der Waals surface area contributed by atoms with Crippen LogP contribution >= 0.6 is 0 Å². The van der Waals surface area contributed by atoms with E-state index < -0.39 is 0 Å². The Balaban J connectivity index is 1.56. The predicted octanol–water partition coefficient (Wildman–Crippen LogP) is 5.64. The fraction of sp³-hybridized carbons (Fsp3) is 0.120. The van der Waals surface area contributed by atoms with Crippen LogP contribution in [0.5, 0.6) is 0 Å². The van der Waals surface area contributed by atoms with E-state index in [0.717, 1.165) is 40.7 Å².